The smallest absolute Gasteiger partial charge is 0.416 e. The Balaban J connectivity index is 2.50. The lowest BCUT2D eigenvalue weighted by atomic mass is 9.88. The van der Waals surface area contributed by atoms with E-state index < -0.39 is 35.8 Å². The average molecular weight is 436 g/mol. The largest absolute Gasteiger partial charge is 0.468 e. The van der Waals surface area contributed by atoms with Crippen molar-refractivity contribution in [2.75, 3.05) is 14.2 Å². The molecule has 0 aliphatic rings. The second kappa shape index (κ2) is 10.6. The molecule has 0 aliphatic heterocycles. The highest BCUT2D eigenvalue weighted by molar-refractivity contribution is 6.02. The molecule has 0 bridgehead atoms. The van der Waals surface area contributed by atoms with E-state index in [9.17, 15) is 22.8 Å². The molecule has 0 saturated heterocycles. The van der Waals surface area contributed by atoms with Crippen molar-refractivity contribution in [1.29, 1.82) is 0 Å². The molecular formula is C22H23F3N2O4. The highest BCUT2D eigenvalue weighted by Crippen LogP contribution is 2.33. The van der Waals surface area contributed by atoms with Crippen LogP contribution in [-0.2, 0) is 27.0 Å². The number of alkyl carbamates (subject to hydrolysis) is 1. The molecular weight excluding hydrogens is 413 g/mol. The van der Waals surface area contributed by atoms with Crippen molar-refractivity contribution in [2.45, 2.75) is 25.7 Å². The van der Waals surface area contributed by atoms with Crippen molar-refractivity contribution >= 4 is 17.8 Å². The third kappa shape index (κ3) is 6.56. The van der Waals surface area contributed by atoms with Crippen molar-refractivity contribution in [3.05, 3.63) is 71.3 Å². The normalized spacial score (nSPS) is 13.8. The van der Waals surface area contributed by atoms with Crippen LogP contribution in [0.15, 0.2) is 59.6 Å². The third-order valence-electron chi connectivity index (χ3n) is 4.62. The second-order valence-corrected chi connectivity index (χ2v) is 6.68. The van der Waals surface area contributed by atoms with Gasteiger partial charge in [0, 0.05) is 5.71 Å². The minimum atomic E-state index is -4.59. The number of aliphatic imine (C=N–C) groups is 1. The highest BCUT2D eigenvalue weighted by Gasteiger charge is 2.37. The molecule has 2 aromatic rings. The summed E-state index contributed by atoms with van der Waals surface area (Å²) in [5.41, 5.74) is 0.311. The minimum absolute atomic E-state index is 0.0601. The summed E-state index contributed by atoms with van der Waals surface area (Å²) in [6, 6.07) is 12.4. The van der Waals surface area contributed by atoms with Gasteiger partial charge in [-0.1, -0.05) is 42.5 Å². The second-order valence-electron chi connectivity index (χ2n) is 6.68. The summed E-state index contributed by atoms with van der Waals surface area (Å²) in [7, 11) is 2.27. The monoisotopic (exact) mass is 436 g/mol. The van der Waals surface area contributed by atoms with Crippen LogP contribution in [0, 0.1) is 5.92 Å². The molecule has 31 heavy (non-hydrogen) atoms. The SMILES string of the molecule is COC(=O)N[C@@H](c1cccc(C(F)(F)F)c1)C(C(=O)OC)C(C)=NCc1ccccc1. The van der Waals surface area contributed by atoms with Crippen molar-refractivity contribution < 1.29 is 32.2 Å². The van der Waals surface area contributed by atoms with E-state index >= 15 is 0 Å². The van der Waals surface area contributed by atoms with Gasteiger partial charge in [0.1, 0.15) is 5.92 Å². The number of amides is 1. The molecule has 2 atom stereocenters. The van der Waals surface area contributed by atoms with Gasteiger partial charge in [-0.25, -0.2) is 4.79 Å². The maximum absolute atomic E-state index is 13.2. The number of rotatable bonds is 7. The van der Waals surface area contributed by atoms with Gasteiger partial charge in [0.2, 0.25) is 0 Å². The van der Waals surface area contributed by atoms with Gasteiger partial charge >= 0.3 is 18.2 Å². The molecule has 6 nitrogen and oxygen atoms in total. The molecule has 0 spiro atoms. The number of hydrogen-bond acceptors (Lipinski definition) is 5. The number of halogens is 3. The average Bonchev–Trinajstić information content (AvgIpc) is 2.77. The van der Waals surface area contributed by atoms with Crippen molar-refractivity contribution in [1.82, 2.24) is 5.32 Å². The van der Waals surface area contributed by atoms with E-state index in [0.717, 1.165) is 31.9 Å². The Morgan fingerprint density at radius 2 is 1.71 bits per heavy atom. The number of methoxy groups -OCH3 is 2. The summed E-state index contributed by atoms with van der Waals surface area (Å²) in [6.07, 6.45) is -5.50. The van der Waals surface area contributed by atoms with Crippen LogP contribution < -0.4 is 5.32 Å². The van der Waals surface area contributed by atoms with Crippen LogP contribution in [0.25, 0.3) is 0 Å². The first kappa shape index (κ1) is 23.9. The van der Waals surface area contributed by atoms with E-state index in [-0.39, 0.29) is 17.8 Å². The van der Waals surface area contributed by atoms with Crippen molar-refractivity contribution in [3.63, 3.8) is 0 Å². The van der Waals surface area contributed by atoms with Crippen molar-refractivity contribution in [3.8, 4) is 0 Å². The molecule has 0 radical (unpaired) electrons. The Morgan fingerprint density at radius 1 is 1.03 bits per heavy atom. The Hall–Kier alpha value is -3.36. The highest BCUT2D eigenvalue weighted by atomic mass is 19.4. The standard InChI is InChI=1S/C22H23F3N2O4/c1-14(26-13-15-8-5-4-6-9-15)18(20(28)30-2)19(27-21(29)31-3)16-10-7-11-17(12-16)22(23,24)25/h4-12,18-19H,13H2,1-3H3,(H,27,29)/t18?,19-/m0/s1. The zero-order valence-electron chi connectivity index (χ0n) is 17.3. The predicted molar refractivity (Wildman–Crippen MR) is 108 cm³/mol. The zero-order valence-corrected chi connectivity index (χ0v) is 17.3. The van der Waals surface area contributed by atoms with E-state index in [2.05, 4.69) is 15.0 Å². The number of nitrogens with zero attached hydrogens (tertiary/aromatic N) is 1. The fourth-order valence-electron chi connectivity index (χ4n) is 3.03. The fourth-order valence-corrected chi connectivity index (χ4v) is 3.03. The van der Waals surface area contributed by atoms with Crippen LogP contribution in [0.1, 0.15) is 29.7 Å². The van der Waals surface area contributed by atoms with Gasteiger partial charge in [0.15, 0.2) is 0 Å². The third-order valence-corrected chi connectivity index (χ3v) is 4.62. The van der Waals surface area contributed by atoms with Crippen LogP contribution in [0.2, 0.25) is 0 Å². The number of esters is 1. The molecule has 0 saturated carbocycles. The van der Waals surface area contributed by atoms with Crippen LogP contribution in [0.3, 0.4) is 0 Å². The number of ether oxygens (including phenoxy) is 2. The molecule has 9 heteroatoms. The molecule has 1 unspecified atom stereocenters. The maximum Gasteiger partial charge on any atom is 0.416 e. The van der Waals surface area contributed by atoms with Gasteiger partial charge in [-0.3, -0.25) is 9.79 Å². The summed E-state index contributed by atoms with van der Waals surface area (Å²) in [5.74, 6) is -1.93. The molecule has 2 aromatic carbocycles. The zero-order chi connectivity index (χ0) is 23.0. The summed E-state index contributed by atoms with van der Waals surface area (Å²) in [6.45, 7) is 1.80. The first-order chi connectivity index (χ1) is 14.7. The van der Waals surface area contributed by atoms with Gasteiger partial charge in [-0.05, 0) is 30.2 Å². The van der Waals surface area contributed by atoms with E-state index in [4.69, 9.17) is 4.74 Å². The van der Waals surface area contributed by atoms with Crippen LogP contribution in [0.4, 0.5) is 18.0 Å². The first-order valence-electron chi connectivity index (χ1n) is 9.31. The lowest BCUT2D eigenvalue weighted by Crippen LogP contribution is -2.40. The molecule has 0 aliphatic carbocycles. The molecule has 0 aromatic heterocycles. The van der Waals surface area contributed by atoms with E-state index in [1.807, 2.05) is 30.3 Å². The number of benzene rings is 2. The van der Waals surface area contributed by atoms with Crippen molar-refractivity contribution in [2.24, 2.45) is 10.9 Å². The van der Waals surface area contributed by atoms with E-state index in [1.165, 1.54) is 12.1 Å². The molecule has 2 rings (SSSR count). The lowest BCUT2D eigenvalue weighted by Gasteiger charge is -2.27. The molecule has 1 amide bonds. The minimum Gasteiger partial charge on any atom is -0.468 e. The summed E-state index contributed by atoms with van der Waals surface area (Å²) < 4.78 is 49.2. The number of carbonyl (C=O) groups excluding carboxylic acids is 2. The Morgan fingerprint density at radius 3 is 2.29 bits per heavy atom. The lowest BCUT2D eigenvalue weighted by molar-refractivity contribution is -0.143. The number of carbonyl (C=O) groups is 2. The fraction of sp³-hybridized carbons (Fsp3) is 0.318. The maximum atomic E-state index is 13.2. The summed E-state index contributed by atoms with van der Waals surface area (Å²) in [5, 5.41) is 2.45. The topological polar surface area (TPSA) is 77.0 Å². The van der Waals surface area contributed by atoms with Gasteiger partial charge < -0.3 is 14.8 Å². The summed E-state index contributed by atoms with van der Waals surface area (Å²) >= 11 is 0. The molecule has 1 N–H and O–H groups in total. The summed E-state index contributed by atoms with van der Waals surface area (Å²) in [4.78, 5) is 29.0. The molecule has 0 fully saturated rings. The first-order valence-corrected chi connectivity index (χ1v) is 9.31. The van der Waals surface area contributed by atoms with Crippen LogP contribution >= 0.6 is 0 Å². The number of nitrogens with one attached hydrogen (secondary N) is 1. The van der Waals surface area contributed by atoms with E-state index in [0.29, 0.717) is 0 Å². The Kier molecular flexibility index (Phi) is 8.18. The van der Waals surface area contributed by atoms with Gasteiger partial charge in [-0.2, -0.15) is 13.2 Å². The van der Waals surface area contributed by atoms with Gasteiger partial charge in [0.25, 0.3) is 0 Å². The predicted octanol–water partition coefficient (Wildman–Crippen LogP) is 4.55. The van der Waals surface area contributed by atoms with Gasteiger partial charge in [-0.15, -0.1) is 0 Å². The molecule has 0 heterocycles. The Labute approximate surface area is 178 Å². The van der Waals surface area contributed by atoms with Crippen LogP contribution in [-0.4, -0.2) is 32.0 Å². The van der Waals surface area contributed by atoms with Gasteiger partial charge in [0.05, 0.1) is 32.4 Å². The van der Waals surface area contributed by atoms with Crippen LogP contribution in [0.5, 0.6) is 0 Å². The number of alkyl halides is 3. The Bertz CT molecular complexity index is 930. The van der Waals surface area contributed by atoms with E-state index in [1.54, 1.807) is 6.92 Å². The number of hydrogen-bond donors (Lipinski definition) is 1. The molecule has 166 valence electrons. The quantitative estimate of drug-likeness (QED) is 0.510.